The average Bonchev–Trinajstić information content (AvgIpc) is 2.41. The number of rotatable bonds is 3. The van der Waals surface area contributed by atoms with Gasteiger partial charge >= 0.3 is 6.18 Å². The lowest BCUT2D eigenvalue weighted by molar-refractivity contribution is -0.137. The standard InChI is InChI=1S/C15H12ClF3O/c1-2-10-3-6-12(7-4-10)20-14-8-5-11(9-13(14)16)15(17,18)19/h3-9H,2H2,1H3. The van der Waals surface area contributed by atoms with E-state index in [2.05, 4.69) is 0 Å². The van der Waals surface area contributed by atoms with Crippen LogP contribution in [-0.4, -0.2) is 0 Å². The molecule has 0 radical (unpaired) electrons. The molecule has 0 amide bonds. The van der Waals surface area contributed by atoms with Gasteiger partial charge in [-0.25, -0.2) is 0 Å². The van der Waals surface area contributed by atoms with Gasteiger partial charge in [-0.05, 0) is 42.3 Å². The van der Waals surface area contributed by atoms with E-state index in [1.807, 2.05) is 19.1 Å². The van der Waals surface area contributed by atoms with Crippen molar-refractivity contribution in [2.45, 2.75) is 19.5 Å². The molecule has 0 saturated carbocycles. The van der Waals surface area contributed by atoms with Crippen LogP contribution in [0.3, 0.4) is 0 Å². The van der Waals surface area contributed by atoms with E-state index < -0.39 is 11.7 Å². The molecule has 0 atom stereocenters. The Bertz CT molecular complexity index is 591. The van der Waals surface area contributed by atoms with Crippen LogP contribution in [0.25, 0.3) is 0 Å². The summed E-state index contributed by atoms with van der Waals surface area (Å²) in [6, 6.07) is 10.3. The Hall–Kier alpha value is -1.68. The molecule has 106 valence electrons. The van der Waals surface area contributed by atoms with Crippen molar-refractivity contribution in [3.8, 4) is 11.5 Å². The van der Waals surface area contributed by atoms with Crippen molar-refractivity contribution in [2.24, 2.45) is 0 Å². The molecule has 0 aromatic heterocycles. The second-order valence-corrected chi connectivity index (χ2v) is 4.65. The maximum Gasteiger partial charge on any atom is 0.416 e. The average molecular weight is 301 g/mol. The Labute approximate surface area is 119 Å². The number of hydrogen-bond donors (Lipinski definition) is 0. The molecular formula is C15H12ClF3O. The van der Waals surface area contributed by atoms with Crippen molar-refractivity contribution in [3.63, 3.8) is 0 Å². The van der Waals surface area contributed by atoms with Crippen LogP contribution >= 0.6 is 11.6 Å². The smallest absolute Gasteiger partial charge is 0.416 e. The summed E-state index contributed by atoms with van der Waals surface area (Å²) in [5, 5.41) is -0.0700. The maximum absolute atomic E-state index is 12.5. The topological polar surface area (TPSA) is 9.23 Å². The second-order valence-electron chi connectivity index (χ2n) is 4.24. The Morgan fingerprint density at radius 1 is 1.05 bits per heavy atom. The van der Waals surface area contributed by atoms with E-state index in [0.29, 0.717) is 5.75 Å². The predicted octanol–water partition coefficient (Wildman–Crippen LogP) is 5.71. The quantitative estimate of drug-likeness (QED) is 0.705. The normalized spacial score (nSPS) is 11.4. The first-order valence-corrected chi connectivity index (χ1v) is 6.41. The third-order valence-electron chi connectivity index (χ3n) is 2.82. The highest BCUT2D eigenvalue weighted by Crippen LogP contribution is 2.36. The Morgan fingerprint density at radius 3 is 2.20 bits per heavy atom. The van der Waals surface area contributed by atoms with Gasteiger partial charge in [-0.3, -0.25) is 0 Å². The van der Waals surface area contributed by atoms with Gasteiger partial charge in [0.2, 0.25) is 0 Å². The summed E-state index contributed by atoms with van der Waals surface area (Å²) < 4.78 is 43.0. The Kier molecular flexibility index (Phi) is 4.23. The van der Waals surface area contributed by atoms with E-state index in [0.717, 1.165) is 24.1 Å². The van der Waals surface area contributed by atoms with Crippen molar-refractivity contribution < 1.29 is 17.9 Å². The summed E-state index contributed by atoms with van der Waals surface area (Å²) in [7, 11) is 0. The number of alkyl halides is 3. The van der Waals surface area contributed by atoms with Crippen LogP contribution in [-0.2, 0) is 12.6 Å². The minimum atomic E-state index is -4.41. The maximum atomic E-state index is 12.5. The molecule has 0 heterocycles. The predicted molar refractivity (Wildman–Crippen MR) is 72.3 cm³/mol. The second kappa shape index (κ2) is 5.75. The van der Waals surface area contributed by atoms with Gasteiger partial charge in [0.05, 0.1) is 10.6 Å². The molecule has 2 aromatic carbocycles. The van der Waals surface area contributed by atoms with Crippen molar-refractivity contribution in [3.05, 3.63) is 58.6 Å². The monoisotopic (exact) mass is 300 g/mol. The fourth-order valence-electron chi connectivity index (χ4n) is 1.68. The molecule has 1 nitrogen and oxygen atoms in total. The highest BCUT2D eigenvalue weighted by Gasteiger charge is 2.31. The van der Waals surface area contributed by atoms with Crippen molar-refractivity contribution in [1.29, 1.82) is 0 Å². The molecule has 0 saturated heterocycles. The first-order chi connectivity index (χ1) is 9.40. The molecule has 5 heteroatoms. The van der Waals surface area contributed by atoms with Crippen LogP contribution in [0.5, 0.6) is 11.5 Å². The molecular weight excluding hydrogens is 289 g/mol. The van der Waals surface area contributed by atoms with Gasteiger partial charge < -0.3 is 4.74 Å². The summed E-state index contributed by atoms with van der Waals surface area (Å²) in [5.74, 6) is 0.729. The van der Waals surface area contributed by atoms with E-state index in [9.17, 15) is 13.2 Å². The van der Waals surface area contributed by atoms with Crippen LogP contribution < -0.4 is 4.74 Å². The minimum absolute atomic E-state index is 0.0700. The van der Waals surface area contributed by atoms with E-state index in [1.165, 1.54) is 6.07 Å². The van der Waals surface area contributed by atoms with E-state index in [4.69, 9.17) is 16.3 Å². The lowest BCUT2D eigenvalue weighted by Gasteiger charge is -2.11. The van der Waals surface area contributed by atoms with E-state index in [-0.39, 0.29) is 10.8 Å². The van der Waals surface area contributed by atoms with E-state index in [1.54, 1.807) is 12.1 Å². The minimum Gasteiger partial charge on any atom is -0.456 e. The van der Waals surface area contributed by atoms with Crippen molar-refractivity contribution in [2.75, 3.05) is 0 Å². The fourth-order valence-corrected chi connectivity index (χ4v) is 1.90. The Balaban J connectivity index is 2.21. The van der Waals surface area contributed by atoms with Gasteiger partial charge in [0.15, 0.2) is 0 Å². The SMILES string of the molecule is CCc1ccc(Oc2ccc(C(F)(F)F)cc2Cl)cc1. The van der Waals surface area contributed by atoms with Crippen molar-refractivity contribution >= 4 is 11.6 Å². The van der Waals surface area contributed by atoms with E-state index >= 15 is 0 Å². The molecule has 20 heavy (non-hydrogen) atoms. The number of halogens is 4. The van der Waals surface area contributed by atoms with Crippen LogP contribution in [0.1, 0.15) is 18.1 Å². The third kappa shape index (κ3) is 3.45. The number of aryl methyl sites for hydroxylation is 1. The lowest BCUT2D eigenvalue weighted by Crippen LogP contribution is -2.04. The zero-order valence-corrected chi connectivity index (χ0v) is 11.4. The molecule has 0 aliphatic heterocycles. The van der Waals surface area contributed by atoms with Crippen LogP contribution in [0, 0.1) is 0 Å². The molecule has 0 fully saturated rings. The number of benzene rings is 2. The highest BCUT2D eigenvalue weighted by atomic mass is 35.5. The fraction of sp³-hybridized carbons (Fsp3) is 0.200. The molecule has 2 rings (SSSR count). The molecule has 2 aromatic rings. The van der Waals surface area contributed by atoms with Crippen molar-refractivity contribution in [1.82, 2.24) is 0 Å². The highest BCUT2D eigenvalue weighted by molar-refractivity contribution is 6.32. The summed E-state index contributed by atoms with van der Waals surface area (Å²) in [4.78, 5) is 0. The van der Waals surface area contributed by atoms with Gasteiger partial charge in [-0.2, -0.15) is 13.2 Å². The molecule has 0 bridgehead atoms. The largest absolute Gasteiger partial charge is 0.456 e. The van der Waals surface area contributed by atoms with Crippen LogP contribution in [0.15, 0.2) is 42.5 Å². The number of ether oxygens (including phenoxy) is 1. The molecule has 0 unspecified atom stereocenters. The first-order valence-electron chi connectivity index (χ1n) is 6.03. The lowest BCUT2D eigenvalue weighted by atomic mass is 10.2. The zero-order valence-electron chi connectivity index (χ0n) is 10.7. The zero-order chi connectivity index (χ0) is 14.8. The molecule has 0 aliphatic rings. The summed E-state index contributed by atoms with van der Waals surface area (Å²) in [5.41, 5.74) is 0.354. The summed E-state index contributed by atoms with van der Waals surface area (Å²) in [6.45, 7) is 2.03. The van der Waals surface area contributed by atoms with Crippen LogP contribution in [0.2, 0.25) is 5.02 Å². The van der Waals surface area contributed by atoms with Gasteiger partial charge in [0.1, 0.15) is 11.5 Å². The van der Waals surface area contributed by atoms with Gasteiger partial charge in [0.25, 0.3) is 0 Å². The van der Waals surface area contributed by atoms with Gasteiger partial charge in [-0.1, -0.05) is 30.7 Å². The van der Waals surface area contributed by atoms with Gasteiger partial charge in [-0.15, -0.1) is 0 Å². The molecule has 0 N–H and O–H groups in total. The molecule has 0 aliphatic carbocycles. The summed E-state index contributed by atoms with van der Waals surface area (Å²) >= 11 is 5.82. The third-order valence-corrected chi connectivity index (χ3v) is 3.11. The van der Waals surface area contributed by atoms with Crippen LogP contribution in [0.4, 0.5) is 13.2 Å². The summed E-state index contributed by atoms with van der Waals surface area (Å²) in [6.07, 6.45) is -3.51. The number of hydrogen-bond acceptors (Lipinski definition) is 1. The Morgan fingerprint density at radius 2 is 1.70 bits per heavy atom. The van der Waals surface area contributed by atoms with Gasteiger partial charge in [0, 0.05) is 0 Å². The first kappa shape index (κ1) is 14.7. The molecule has 0 spiro atoms.